The Morgan fingerprint density at radius 3 is 2.44 bits per heavy atom. The number of unbranched alkanes of at least 4 members (excludes halogenated alkanes) is 1. The number of halogens is 1. The number of rotatable bonds is 14. The summed E-state index contributed by atoms with van der Waals surface area (Å²) in [6.45, 7) is 9.30. The molecule has 3 aromatic rings. The van der Waals surface area contributed by atoms with Gasteiger partial charge in [0.2, 0.25) is 0 Å². The first-order chi connectivity index (χ1) is 17.6. The van der Waals surface area contributed by atoms with Crippen LogP contribution in [0.3, 0.4) is 0 Å². The van der Waals surface area contributed by atoms with Gasteiger partial charge in [0.25, 0.3) is 0 Å². The number of carbonyl (C=O) groups is 1. The molecule has 2 aromatic carbocycles. The molecule has 0 amide bonds. The topological polar surface area (TPSA) is 69.6 Å². The minimum absolute atomic E-state index is 0.133. The Bertz CT molecular complexity index is 1090. The number of benzene rings is 2. The van der Waals surface area contributed by atoms with Crippen molar-refractivity contribution in [3.05, 3.63) is 71.7 Å². The Morgan fingerprint density at radius 2 is 1.78 bits per heavy atom. The molecule has 196 valence electrons. The Kier molecular flexibility index (Phi) is 13.1. The van der Waals surface area contributed by atoms with Crippen molar-refractivity contribution < 1.29 is 14.0 Å². The summed E-state index contributed by atoms with van der Waals surface area (Å²) in [6, 6.07) is 16.6. The van der Waals surface area contributed by atoms with E-state index in [4.69, 9.17) is 15.7 Å². The average Bonchev–Trinajstić information content (AvgIpc) is 3.27. The fourth-order valence-electron chi connectivity index (χ4n) is 4.22. The summed E-state index contributed by atoms with van der Waals surface area (Å²) >= 11 is 0. The van der Waals surface area contributed by atoms with Crippen LogP contribution in [-0.2, 0) is 17.8 Å². The summed E-state index contributed by atoms with van der Waals surface area (Å²) in [5, 5.41) is 1.04. The summed E-state index contributed by atoms with van der Waals surface area (Å²) in [5.74, 6) is 5.66. The Balaban J connectivity index is 0.00000222. The van der Waals surface area contributed by atoms with E-state index in [1.807, 2.05) is 63.2 Å². The van der Waals surface area contributed by atoms with Gasteiger partial charge >= 0.3 is 0 Å². The Labute approximate surface area is 215 Å². The number of Topliss-reactive ketones (excluding diaryl/α,β-unsaturated/α-hetero) is 1. The molecular weight excluding hydrogens is 453 g/mol. The molecule has 2 N–H and O–H groups in total. The van der Waals surface area contributed by atoms with E-state index in [9.17, 15) is 9.18 Å². The molecule has 0 aliphatic carbocycles. The lowest BCUT2D eigenvalue weighted by Crippen LogP contribution is -2.32. The Hall–Kier alpha value is -2.83. The van der Waals surface area contributed by atoms with E-state index in [0.29, 0.717) is 31.6 Å². The molecule has 1 heterocycles. The highest BCUT2D eigenvalue weighted by Gasteiger charge is 2.21. The van der Waals surface area contributed by atoms with Gasteiger partial charge in [0.15, 0.2) is 5.78 Å². The van der Waals surface area contributed by atoms with Gasteiger partial charge in [-0.15, -0.1) is 0 Å². The molecule has 1 aromatic heterocycles. The van der Waals surface area contributed by atoms with E-state index in [2.05, 4.69) is 11.5 Å². The standard InChI is InChI=1S/C28H36FN3O2.C2H6/c1-3-5-18-31-24(28(34-30)13-8-10-21-14-16-23(29)17-15-21)20-32-25-12-7-6-11-22(25)19-26(32)27(33)9-4-2;1-2/h6-7,11-12,14-17,19,28H,3-5,8-10,13,18,20,30H2,1-2H3;1-2H3. The van der Waals surface area contributed by atoms with Crippen LogP contribution >= 0.6 is 0 Å². The molecule has 0 radical (unpaired) electrons. The summed E-state index contributed by atoms with van der Waals surface area (Å²) in [4.78, 5) is 23.2. The summed E-state index contributed by atoms with van der Waals surface area (Å²) in [7, 11) is 0. The van der Waals surface area contributed by atoms with E-state index >= 15 is 0 Å². The summed E-state index contributed by atoms with van der Waals surface area (Å²) in [5.41, 5.74) is 3.63. The van der Waals surface area contributed by atoms with E-state index in [1.54, 1.807) is 0 Å². The van der Waals surface area contributed by atoms with Gasteiger partial charge in [-0.3, -0.25) is 14.6 Å². The molecule has 5 nitrogen and oxygen atoms in total. The van der Waals surface area contributed by atoms with E-state index < -0.39 is 0 Å². The van der Waals surface area contributed by atoms with Crippen molar-refractivity contribution in [2.75, 3.05) is 6.54 Å². The largest absolute Gasteiger partial charge is 0.332 e. The molecular formula is C30H42FN3O2. The number of fused-ring (bicyclic) bond motifs is 1. The normalized spacial score (nSPS) is 12.3. The number of aryl methyl sites for hydroxylation is 1. The van der Waals surface area contributed by atoms with Gasteiger partial charge in [0.1, 0.15) is 11.9 Å². The lowest BCUT2D eigenvalue weighted by molar-refractivity contribution is 0.0900. The Morgan fingerprint density at radius 1 is 1.06 bits per heavy atom. The molecule has 36 heavy (non-hydrogen) atoms. The van der Waals surface area contributed by atoms with Gasteiger partial charge in [-0.05, 0) is 61.9 Å². The number of aliphatic imine (C=N–C) groups is 1. The summed E-state index contributed by atoms with van der Waals surface area (Å²) < 4.78 is 15.3. The number of carbonyl (C=O) groups excluding carboxylic acids is 1. The molecule has 0 bridgehead atoms. The number of nitrogens with two attached hydrogens (primary N) is 1. The lowest BCUT2D eigenvalue weighted by atomic mass is 10.0. The third kappa shape index (κ3) is 8.38. The van der Waals surface area contributed by atoms with Crippen LogP contribution in [0.4, 0.5) is 4.39 Å². The third-order valence-electron chi connectivity index (χ3n) is 6.10. The second-order valence-electron chi connectivity index (χ2n) is 8.72. The van der Waals surface area contributed by atoms with Crippen molar-refractivity contribution in [2.24, 2.45) is 10.9 Å². The third-order valence-corrected chi connectivity index (χ3v) is 6.10. The predicted octanol–water partition coefficient (Wildman–Crippen LogP) is 7.31. The van der Waals surface area contributed by atoms with Gasteiger partial charge in [0.05, 0.1) is 18.0 Å². The number of hydrogen-bond donors (Lipinski definition) is 1. The van der Waals surface area contributed by atoms with Crippen LogP contribution in [0.1, 0.15) is 82.3 Å². The molecule has 0 spiro atoms. The SMILES string of the molecule is CC.CCCCN=C(Cn1c(C(=O)CCC)cc2ccccc21)C(CCCc1ccc(F)cc1)ON. The number of nitrogens with zero attached hydrogens (tertiary/aromatic N) is 2. The van der Waals surface area contributed by atoms with Crippen LogP contribution in [0, 0.1) is 5.82 Å². The average molecular weight is 496 g/mol. The summed E-state index contributed by atoms with van der Waals surface area (Å²) in [6.07, 6.45) is 5.29. The zero-order valence-electron chi connectivity index (χ0n) is 22.3. The zero-order valence-corrected chi connectivity index (χ0v) is 22.3. The second-order valence-corrected chi connectivity index (χ2v) is 8.72. The molecule has 6 heteroatoms. The zero-order chi connectivity index (χ0) is 26.3. The minimum Gasteiger partial charge on any atom is -0.332 e. The fourth-order valence-corrected chi connectivity index (χ4v) is 4.22. The highest BCUT2D eigenvalue weighted by Crippen LogP contribution is 2.23. The van der Waals surface area contributed by atoms with Crippen LogP contribution in [0.5, 0.6) is 0 Å². The number of aromatic nitrogens is 1. The smallest absolute Gasteiger partial charge is 0.179 e. The van der Waals surface area contributed by atoms with Crippen molar-refractivity contribution in [2.45, 2.75) is 85.3 Å². The van der Waals surface area contributed by atoms with E-state index in [-0.39, 0.29) is 17.7 Å². The highest BCUT2D eigenvalue weighted by atomic mass is 19.1. The maximum absolute atomic E-state index is 13.2. The lowest BCUT2D eigenvalue weighted by Gasteiger charge is -2.20. The molecule has 0 saturated heterocycles. The molecule has 0 saturated carbocycles. The first kappa shape index (κ1) is 29.4. The molecule has 0 fully saturated rings. The number of hydrogen-bond acceptors (Lipinski definition) is 4. The number of para-hydroxylation sites is 1. The molecule has 1 unspecified atom stereocenters. The van der Waals surface area contributed by atoms with Crippen LogP contribution < -0.4 is 5.90 Å². The van der Waals surface area contributed by atoms with Crippen molar-refractivity contribution in [1.82, 2.24) is 4.57 Å². The van der Waals surface area contributed by atoms with Crippen LogP contribution in [0.25, 0.3) is 10.9 Å². The van der Waals surface area contributed by atoms with Crippen molar-refractivity contribution in [1.29, 1.82) is 0 Å². The molecule has 0 aliphatic heterocycles. The monoisotopic (exact) mass is 495 g/mol. The van der Waals surface area contributed by atoms with Crippen LogP contribution in [0.2, 0.25) is 0 Å². The first-order valence-corrected chi connectivity index (χ1v) is 13.3. The van der Waals surface area contributed by atoms with Crippen molar-refractivity contribution >= 4 is 22.4 Å². The van der Waals surface area contributed by atoms with Gasteiger partial charge in [0, 0.05) is 23.9 Å². The van der Waals surface area contributed by atoms with E-state index in [0.717, 1.165) is 54.3 Å². The van der Waals surface area contributed by atoms with E-state index in [1.165, 1.54) is 12.1 Å². The second kappa shape index (κ2) is 16.0. The van der Waals surface area contributed by atoms with Gasteiger partial charge in [-0.2, -0.15) is 0 Å². The van der Waals surface area contributed by atoms with Crippen LogP contribution in [0.15, 0.2) is 59.6 Å². The fraction of sp³-hybridized carbons (Fsp3) is 0.467. The molecule has 1 atom stereocenters. The molecule has 0 aliphatic rings. The van der Waals surface area contributed by atoms with Crippen LogP contribution in [-0.4, -0.2) is 28.7 Å². The van der Waals surface area contributed by atoms with Crippen molar-refractivity contribution in [3.63, 3.8) is 0 Å². The minimum atomic E-state index is -0.354. The highest BCUT2D eigenvalue weighted by molar-refractivity contribution is 6.01. The van der Waals surface area contributed by atoms with Gasteiger partial charge in [-0.1, -0.05) is 64.4 Å². The maximum atomic E-state index is 13.2. The first-order valence-electron chi connectivity index (χ1n) is 13.3. The quantitative estimate of drug-likeness (QED) is 0.110. The van der Waals surface area contributed by atoms with Gasteiger partial charge in [-0.25, -0.2) is 10.3 Å². The maximum Gasteiger partial charge on any atom is 0.179 e. The van der Waals surface area contributed by atoms with Crippen molar-refractivity contribution in [3.8, 4) is 0 Å². The molecule has 3 rings (SSSR count). The number of ketones is 1. The van der Waals surface area contributed by atoms with Gasteiger partial charge < -0.3 is 4.57 Å². The predicted molar refractivity (Wildman–Crippen MR) is 148 cm³/mol.